The first kappa shape index (κ1) is 49.9. The molecule has 2 bridgehead atoms. The highest BCUT2D eigenvalue weighted by atomic mass is 33.5. The number of pyridine rings is 1. The number of aliphatic hydroxyl groups is 2. The SMILES string of the molecule is COC(=O)NC1=C2/C(=C\CSSSC)[C@](O)(C#C/C=C\C#C[C@@H]2O[C@@H]2OC(C)[C@@](SC)(C(=O)c3nccc4c3[nH]c3ccc(O)cc34)C(O)C2O[C@H]2CC(OC)[C@@H](NC(C)C)CO2)CC1=O. The van der Waals surface area contributed by atoms with Gasteiger partial charge < -0.3 is 54.0 Å². The van der Waals surface area contributed by atoms with E-state index in [-0.39, 0.29) is 59.5 Å². The number of hydrogen-bond acceptors (Lipinski definition) is 18. The summed E-state index contributed by atoms with van der Waals surface area (Å²) in [5, 5.41) is 42.8. The van der Waals surface area contributed by atoms with Crippen molar-refractivity contribution in [2.75, 3.05) is 39.1 Å². The number of H-pyrrole nitrogens is 1. The number of phenols is 1. The van der Waals surface area contributed by atoms with Crippen molar-refractivity contribution in [2.45, 2.75) is 99.1 Å². The van der Waals surface area contributed by atoms with Crippen molar-refractivity contribution < 1.29 is 58.1 Å². The number of Topliss-reactive ketones (excluding diaryl/α,β-unsaturated/α-hetero) is 2. The Bertz CT molecular complexity index is 2560. The van der Waals surface area contributed by atoms with Crippen molar-refractivity contribution in [3.05, 3.63) is 71.2 Å². The number of rotatable bonds is 15. The molecule has 2 saturated heterocycles. The molecule has 16 nitrogen and oxygen atoms in total. The predicted octanol–water partition coefficient (Wildman–Crippen LogP) is 5.19. The smallest absolute Gasteiger partial charge is 0.411 e. The second-order valence-corrected chi connectivity index (χ2v) is 21.5. The topological polar surface area (TPSA) is 220 Å². The quantitative estimate of drug-likeness (QED) is 0.0500. The molecule has 3 aromatic rings. The molecular weight excluding hydrogens is 929 g/mol. The summed E-state index contributed by atoms with van der Waals surface area (Å²) in [6.45, 7) is 5.83. The van der Waals surface area contributed by atoms with Gasteiger partial charge in [-0.05, 0) is 65.7 Å². The Kier molecular flexibility index (Phi) is 16.3. The van der Waals surface area contributed by atoms with Gasteiger partial charge in [0.1, 0.15) is 34.5 Å². The monoisotopic (exact) mass is 980 g/mol. The highest BCUT2D eigenvalue weighted by Gasteiger charge is 2.61. The van der Waals surface area contributed by atoms with Gasteiger partial charge in [-0.2, -0.15) is 0 Å². The summed E-state index contributed by atoms with van der Waals surface area (Å²) in [4.78, 5) is 50.1. The standard InChI is InChI=1S/C46H52N4O12S4/c1-24(2)48-31-23-59-35(21-34(31)57-4)62-40-42(54)46(63-6,41(53)39-37-27(15-18-47-39)28-20-26(51)13-14-30(28)49-37)25(3)60-43(40)61-33-12-10-8-9-11-17-45(56)22-32(52)38(50-44(55)58-5)36(33)29(45)16-19-65-66-64-7/h8-9,13-16,18,20,24-25,31,33-35,40,42-43,48-49,51,54,56H,19,21-23H2,1-7H3,(H,50,55)/b9-8-,29-16+/t25?,31-,33-,34?,35-,40?,42?,43-,45-,46+/m0/s1. The van der Waals surface area contributed by atoms with Crippen LogP contribution in [0.15, 0.2) is 65.5 Å². The highest BCUT2D eigenvalue weighted by molar-refractivity contribution is 9.09. The summed E-state index contributed by atoms with van der Waals surface area (Å²) in [5.74, 6) is 10.7. The number of ether oxygens (including phenoxy) is 6. The molecular formula is C46H52N4O12S4. The van der Waals surface area contributed by atoms with Gasteiger partial charge in [-0.25, -0.2) is 4.79 Å². The van der Waals surface area contributed by atoms with Gasteiger partial charge >= 0.3 is 6.09 Å². The summed E-state index contributed by atoms with van der Waals surface area (Å²) in [7, 11) is 7.24. The molecule has 7 rings (SSSR count). The number of nitrogens with one attached hydrogen (secondary N) is 3. The van der Waals surface area contributed by atoms with E-state index < -0.39 is 71.4 Å². The molecule has 6 N–H and O–H groups in total. The summed E-state index contributed by atoms with van der Waals surface area (Å²) in [6, 6.07) is 6.49. The van der Waals surface area contributed by atoms with Crippen LogP contribution in [0.1, 0.15) is 44.1 Å². The fourth-order valence-electron chi connectivity index (χ4n) is 8.73. The number of allylic oxidation sites excluding steroid dienone is 3. The van der Waals surface area contributed by atoms with Gasteiger partial charge in [-0.1, -0.05) is 65.2 Å². The van der Waals surface area contributed by atoms with E-state index in [2.05, 4.69) is 44.3 Å². The average molecular weight is 981 g/mol. The molecule has 2 fully saturated rings. The lowest BCUT2D eigenvalue weighted by atomic mass is 9.75. The Morgan fingerprint density at radius 1 is 1.14 bits per heavy atom. The van der Waals surface area contributed by atoms with Crippen LogP contribution in [-0.4, -0.2) is 148 Å². The number of benzene rings is 1. The first-order valence-electron chi connectivity index (χ1n) is 21.0. The number of aromatic amines is 1. The van der Waals surface area contributed by atoms with Crippen LogP contribution in [0, 0.1) is 23.7 Å². The Balaban J connectivity index is 1.35. The van der Waals surface area contributed by atoms with E-state index in [1.165, 1.54) is 55.8 Å². The van der Waals surface area contributed by atoms with Gasteiger partial charge in [0.15, 0.2) is 24.0 Å². The van der Waals surface area contributed by atoms with Crippen molar-refractivity contribution in [1.82, 2.24) is 20.6 Å². The number of ketones is 2. The van der Waals surface area contributed by atoms with E-state index in [0.29, 0.717) is 27.6 Å². The predicted molar refractivity (Wildman–Crippen MR) is 257 cm³/mol. The maximum absolute atomic E-state index is 15.3. The largest absolute Gasteiger partial charge is 0.508 e. The number of nitrogens with zero attached hydrogens (tertiary/aromatic N) is 1. The molecule has 1 amide bonds. The molecule has 352 valence electrons. The lowest BCUT2D eigenvalue weighted by molar-refractivity contribution is -0.323. The molecule has 2 aliphatic carbocycles. The van der Waals surface area contributed by atoms with Gasteiger partial charge in [-0.3, -0.25) is 19.9 Å². The van der Waals surface area contributed by atoms with Crippen LogP contribution in [-0.2, 0) is 33.2 Å². The van der Waals surface area contributed by atoms with Crippen molar-refractivity contribution >= 4 is 82.6 Å². The average Bonchev–Trinajstić information content (AvgIpc) is 3.66. The van der Waals surface area contributed by atoms with Crippen molar-refractivity contribution in [1.29, 1.82) is 0 Å². The minimum Gasteiger partial charge on any atom is -0.508 e. The van der Waals surface area contributed by atoms with Crippen molar-refractivity contribution in [2.24, 2.45) is 0 Å². The van der Waals surface area contributed by atoms with E-state index in [0.717, 1.165) is 18.9 Å². The lowest BCUT2D eigenvalue weighted by Gasteiger charge is -2.51. The van der Waals surface area contributed by atoms with Gasteiger partial charge in [-0.15, -0.1) is 11.8 Å². The molecule has 4 unspecified atom stereocenters. The number of carbonyl (C=O) groups excluding carboxylic acids is 3. The molecule has 20 heteroatoms. The van der Waals surface area contributed by atoms with Gasteiger partial charge in [0.05, 0.1) is 49.6 Å². The maximum Gasteiger partial charge on any atom is 0.411 e. The zero-order valence-electron chi connectivity index (χ0n) is 37.2. The summed E-state index contributed by atoms with van der Waals surface area (Å²) < 4.78 is 35.5. The number of aromatic nitrogens is 2. The molecule has 0 saturated carbocycles. The van der Waals surface area contributed by atoms with Crippen LogP contribution in [0.25, 0.3) is 21.8 Å². The molecule has 66 heavy (non-hydrogen) atoms. The minimum atomic E-state index is -2.04. The zero-order chi connectivity index (χ0) is 47.3. The van der Waals surface area contributed by atoms with Crippen molar-refractivity contribution in [3.8, 4) is 29.4 Å². The number of aliphatic hydroxyl groups excluding tert-OH is 1. The number of amides is 1. The number of methoxy groups -OCH3 is 2. The first-order chi connectivity index (χ1) is 31.7. The van der Waals surface area contributed by atoms with Crippen LogP contribution in [0.5, 0.6) is 5.75 Å². The van der Waals surface area contributed by atoms with Crippen LogP contribution in [0.2, 0.25) is 0 Å². The van der Waals surface area contributed by atoms with E-state index in [1.807, 2.05) is 20.1 Å². The van der Waals surface area contributed by atoms with Crippen molar-refractivity contribution in [3.63, 3.8) is 0 Å². The molecule has 4 aliphatic rings. The Labute approximate surface area is 398 Å². The number of thioether (sulfide) groups is 1. The van der Waals surface area contributed by atoms with Gasteiger partial charge in [0.25, 0.3) is 0 Å². The molecule has 1 aromatic carbocycles. The third-order valence-electron chi connectivity index (χ3n) is 11.7. The Hall–Kier alpha value is -4.00. The highest BCUT2D eigenvalue weighted by Crippen LogP contribution is 2.47. The summed E-state index contributed by atoms with van der Waals surface area (Å²) >= 11 is 1.06. The second-order valence-electron chi connectivity index (χ2n) is 16.1. The third-order valence-corrected chi connectivity index (χ3v) is 16.9. The fraction of sp³-hybridized carbons (Fsp3) is 0.478. The number of fused-ring (bicyclic) bond motifs is 5. The Morgan fingerprint density at radius 3 is 2.65 bits per heavy atom. The molecule has 10 atom stereocenters. The molecule has 2 aromatic heterocycles. The van der Waals surface area contributed by atoms with E-state index >= 15 is 4.79 Å². The van der Waals surface area contributed by atoms with Gasteiger partial charge in [0.2, 0.25) is 5.78 Å². The first-order valence-corrected chi connectivity index (χ1v) is 26.3. The summed E-state index contributed by atoms with van der Waals surface area (Å²) in [6.07, 6.45) is -0.292. The van der Waals surface area contributed by atoms with E-state index in [9.17, 15) is 24.9 Å². The Morgan fingerprint density at radius 2 is 1.92 bits per heavy atom. The van der Waals surface area contributed by atoms with E-state index in [4.69, 9.17) is 28.4 Å². The number of hydrogen-bond donors (Lipinski definition) is 6. The zero-order valence-corrected chi connectivity index (χ0v) is 40.5. The molecule has 0 radical (unpaired) electrons. The fourth-order valence-corrected chi connectivity index (χ4v) is 12.2. The number of carbonyl (C=O) groups is 3. The number of alkyl carbamates (subject to hydrolysis) is 1. The molecule has 4 heterocycles. The van der Waals surface area contributed by atoms with Crippen LogP contribution >= 0.6 is 43.2 Å². The van der Waals surface area contributed by atoms with Gasteiger partial charge in [0, 0.05) is 59.0 Å². The normalized spacial score (nSPS) is 31.0. The molecule has 2 aliphatic heterocycles. The number of phenolic OH excluding ortho intramolecular Hbond substituents is 1. The maximum atomic E-state index is 15.3. The summed E-state index contributed by atoms with van der Waals surface area (Å²) in [5.41, 5.74) is -1.07. The third kappa shape index (κ3) is 10.1. The minimum absolute atomic E-state index is 0.00929. The lowest BCUT2D eigenvalue weighted by Crippen LogP contribution is -2.69. The van der Waals surface area contributed by atoms with E-state index in [1.54, 1.807) is 44.6 Å². The van der Waals surface area contributed by atoms with Crippen LogP contribution < -0.4 is 10.6 Å². The molecule has 0 spiro atoms. The second kappa shape index (κ2) is 21.5. The van der Waals surface area contributed by atoms with Crippen LogP contribution in [0.3, 0.4) is 0 Å². The van der Waals surface area contributed by atoms with Crippen LogP contribution in [0.4, 0.5) is 4.79 Å². The number of aromatic hydroxyl groups is 1.